The van der Waals surface area contributed by atoms with Crippen molar-refractivity contribution in [3.8, 4) is 0 Å². The van der Waals surface area contributed by atoms with E-state index in [-0.39, 0.29) is 24.4 Å². The van der Waals surface area contributed by atoms with Gasteiger partial charge in [0.2, 0.25) is 11.8 Å². The number of carbonyl (C=O) groups is 2. The van der Waals surface area contributed by atoms with Gasteiger partial charge < -0.3 is 11.1 Å². The molecule has 1 fully saturated rings. The molecule has 0 aliphatic heterocycles. The third-order valence-corrected chi connectivity index (χ3v) is 2.58. The number of hydrogen-bond acceptors (Lipinski definition) is 3. The maximum Gasteiger partial charge on any atom is 0.234 e. The molecule has 0 saturated heterocycles. The number of nitrogens with zero attached hydrogens (tertiary/aromatic N) is 1. The minimum atomic E-state index is -0.376. The van der Waals surface area contributed by atoms with Crippen LogP contribution in [0.2, 0.25) is 0 Å². The first-order chi connectivity index (χ1) is 7.04. The number of likely N-dealkylation sites (N-methyl/N-ethyl adjacent to an activating group) is 1. The lowest BCUT2D eigenvalue weighted by Gasteiger charge is -2.23. The fourth-order valence-electron chi connectivity index (χ4n) is 1.57. The molecular weight excluding hydrogens is 194 g/mol. The van der Waals surface area contributed by atoms with Gasteiger partial charge in [0.15, 0.2) is 0 Å². The Bertz CT molecular complexity index is 251. The molecule has 0 spiro atoms. The van der Waals surface area contributed by atoms with Gasteiger partial charge in [0, 0.05) is 6.04 Å². The molecule has 5 nitrogen and oxygen atoms in total. The van der Waals surface area contributed by atoms with E-state index in [1.165, 1.54) is 0 Å². The second-order valence-electron chi connectivity index (χ2n) is 4.08. The van der Waals surface area contributed by atoms with Gasteiger partial charge in [-0.1, -0.05) is 6.92 Å². The summed E-state index contributed by atoms with van der Waals surface area (Å²) in [5.41, 5.74) is 5.23. The number of nitrogens with two attached hydrogens (primary N) is 1. The molecule has 3 N–H and O–H groups in total. The summed E-state index contributed by atoms with van der Waals surface area (Å²) in [6.45, 7) is 2.11. The third-order valence-electron chi connectivity index (χ3n) is 2.58. The average molecular weight is 213 g/mol. The second kappa shape index (κ2) is 5.11. The minimum absolute atomic E-state index is 0.0281. The highest BCUT2D eigenvalue weighted by Crippen LogP contribution is 2.18. The van der Waals surface area contributed by atoms with Gasteiger partial charge in [-0.05, 0) is 26.3 Å². The van der Waals surface area contributed by atoms with E-state index in [1.54, 1.807) is 11.9 Å². The lowest BCUT2D eigenvalue weighted by atomic mass is 10.2. The normalized spacial score (nSPS) is 17.5. The summed E-state index contributed by atoms with van der Waals surface area (Å²) in [5, 5.41) is 2.87. The van der Waals surface area contributed by atoms with E-state index in [4.69, 9.17) is 5.73 Å². The molecule has 5 heteroatoms. The van der Waals surface area contributed by atoms with E-state index >= 15 is 0 Å². The van der Waals surface area contributed by atoms with Crippen LogP contribution in [-0.4, -0.2) is 42.4 Å². The van der Waals surface area contributed by atoms with Crippen LogP contribution in [0.25, 0.3) is 0 Å². The Balaban J connectivity index is 2.34. The maximum absolute atomic E-state index is 11.4. The number of amides is 2. The van der Waals surface area contributed by atoms with Crippen molar-refractivity contribution < 1.29 is 9.59 Å². The molecule has 2 amide bonds. The van der Waals surface area contributed by atoms with Crippen LogP contribution in [0.4, 0.5) is 0 Å². The standard InChI is InChI=1S/C10H19N3O2/c1-3-8(10(11)15)13(2)6-9(14)12-7-4-5-7/h7-8H,3-6H2,1-2H3,(H2,11,15)(H,12,14). The van der Waals surface area contributed by atoms with Gasteiger partial charge in [-0.25, -0.2) is 0 Å². The highest BCUT2D eigenvalue weighted by molar-refractivity contribution is 5.82. The fraction of sp³-hybridized carbons (Fsp3) is 0.800. The molecule has 0 aromatic carbocycles. The highest BCUT2D eigenvalue weighted by Gasteiger charge is 2.25. The van der Waals surface area contributed by atoms with Crippen molar-refractivity contribution in [3.63, 3.8) is 0 Å². The quantitative estimate of drug-likeness (QED) is 0.622. The molecule has 1 unspecified atom stereocenters. The smallest absolute Gasteiger partial charge is 0.234 e. The van der Waals surface area contributed by atoms with E-state index in [9.17, 15) is 9.59 Å². The summed E-state index contributed by atoms with van der Waals surface area (Å²) in [6.07, 6.45) is 2.77. The van der Waals surface area contributed by atoms with Gasteiger partial charge >= 0.3 is 0 Å². The predicted molar refractivity (Wildman–Crippen MR) is 57.1 cm³/mol. The van der Waals surface area contributed by atoms with Gasteiger partial charge in [0.1, 0.15) is 0 Å². The Morgan fingerprint density at radius 1 is 1.53 bits per heavy atom. The maximum atomic E-state index is 11.4. The predicted octanol–water partition coefficient (Wildman–Crippen LogP) is -0.539. The van der Waals surface area contributed by atoms with Crippen LogP contribution < -0.4 is 11.1 Å². The summed E-state index contributed by atoms with van der Waals surface area (Å²) >= 11 is 0. The van der Waals surface area contributed by atoms with Crippen molar-refractivity contribution in [1.29, 1.82) is 0 Å². The van der Waals surface area contributed by atoms with Gasteiger partial charge in [-0.15, -0.1) is 0 Å². The van der Waals surface area contributed by atoms with Crippen LogP contribution in [0.3, 0.4) is 0 Å². The first kappa shape index (κ1) is 12.0. The Morgan fingerprint density at radius 3 is 2.53 bits per heavy atom. The molecule has 1 rings (SSSR count). The van der Waals surface area contributed by atoms with Crippen LogP contribution in [0.5, 0.6) is 0 Å². The van der Waals surface area contributed by atoms with Crippen LogP contribution in [0.1, 0.15) is 26.2 Å². The zero-order chi connectivity index (χ0) is 11.4. The van der Waals surface area contributed by atoms with Gasteiger partial charge in [-0.3, -0.25) is 14.5 Å². The Hall–Kier alpha value is -1.10. The Kier molecular flexibility index (Phi) is 4.08. The van der Waals surface area contributed by atoms with E-state index in [0.29, 0.717) is 12.5 Å². The molecule has 0 aromatic rings. The third kappa shape index (κ3) is 3.87. The summed E-state index contributed by atoms with van der Waals surface area (Å²) in [4.78, 5) is 24.2. The van der Waals surface area contributed by atoms with Crippen LogP contribution in [0, 0.1) is 0 Å². The lowest BCUT2D eigenvalue weighted by Crippen LogP contribution is -2.46. The summed E-state index contributed by atoms with van der Waals surface area (Å²) in [6, 6.07) is 0.00880. The van der Waals surface area contributed by atoms with E-state index in [1.807, 2.05) is 6.92 Å². The highest BCUT2D eigenvalue weighted by atomic mass is 16.2. The van der Waals surface area contributed by atoms with Crippen molar-refractivity contribution in [2.75, 3.05) is 13.6 Å². The van der Waals surface area contributed by atoms with Gasteiger partial charge in [-0.2, -0.15) is 0 Å². The number of primary amides is 1. The van der Waals surface area contributed by atoms with Crippen molar-refractivity contribution in [2.24, 2.45) is 5.73 Å². The number of rotatable bonds is 6. The largest absolute Gasteiger partial charge is 0.368 e. The van der Waals surface area contributed by atoms with E-state index in [2.05, 4.69) is 5.32 Å². The second-order valence-corrected chi connectivity index (χ2v) is 4.08. The topological polar surface area (TPSA) is 75.4 Å². The Labute approximate surface area is 90.0 Å². The van der Waals surface area contributed by atoms with Crippen LogP contribution in [-0.2, 0) is 9.59 Å². The molecule has 1 atom stereocenters. The molecule has 1 aliphatic carbocycles. The average Bonchev–Trinajstić information content (AvgIpc) is 2.87. The zero-order valence-electron chi connectivity index (χ0n) is 9.32. The SMILES string of the molecule is CCC(C(N)=O)N(C)CC(=O)NC1CC1. The molecule has 0 aromatic heterocycles. The number of nitrogens with one attached hydrogen (secondary N) is 1. The molecular formula is C10H19N3O2. The van der Waals surface area contributed by atoms with Crippen molar-refractivity contribution >= 4 is 11.8 Å². The van der Waals surface area contributed by atoms with Crippen molar-refractivity contribution in [3.05, 3.63) is 0 Å². The minimum Gasteiger partial charge on any atom is -0.368 e. The monoisotopic (exact) mass is 213 g/mol. The first-order valence-electron chi connectivity index (χ1n) is 5.33. The number of hydrogen-bond donors (Lipinski definition) is 2. The van der Waals surface area contributed by atoms with Crippen LogP contribution in [0.15, 0.2) is 0 Å². The van der Waals surface area contributed by atoms with E-state index < -0.39 is 0 Å². The molecule has 1 aliphatic rings. The van der Waals surface area contributed by atoms with Crippen molar-refractivity contribution in [2.45, 2.75) is 38.3 Å². The van der Waals surface area contributed by atoms with E-state index in [0.717, 1.165) is 12.8 Å². The van der Waals surface area contributed by atoms with Gasteiger partial charge in [0.25, 0.3) is 0 Å². The zero-order valence-corrected chi connectivity index (χ0v) is 9.32. The fourth-order valence-corrected chi connectivity index (χ4v) is 1.57. The van der Waals surface area contributed by atoms with Gasteiger partial charge in [0.05, 0.1) is 12.6 Å². The van der Waals surface area contributed by atoms with Crippen LogP contribution >= 0.6 is 0 Å². The molecule has 15 heavy (non-hydrogen) atoms. The Morgan fingerprint density at radius 2 is 2.13 bits per heavy atom. The summed E-state index contributed by atoms with van der Waals surface area (Å²) in [7, 11) is 1.74. The summed E-state index contributed by atoms with van der Waals surface area (Å²) < 4.78 is 0. The molecule has 86 valence electrons. The lowest BCUT2D eigenvalue weighted by molar-refractivity contribution is -0.126. The first-order valence-corrected chi connectivity index (χ1v) is 5.33. The van der Waals surface area contributed by atoms with Crippen molar-refractivity contribution in [1.82, 2.24) is 10.2 Å². The molecule has 0 radical (unpaired) electrons. The molecule has 0 bridgehead atoms. The number of carbonyl (C=O) groups excluding carboxylic acids is 2. The molecule has 0 heterocycles. The summed E-state index contributed by atoms with van der Waals surface area (Å²) in [5.74, 6) is -0.404. The molecule has 1 saturated carbocycles.